The Morgan fingerprint density at radius 3 is 1.37 bits per heavy atom. The SMILES string of the molecule is c1ccc(C(CCO[C@H]2CC[C@H](c3ccccc3)CC2)c2cc(NC(c3ccccc3)(c3ccccc3)c3ccccc3)nc3c2nnn3C(c2ccccc2)(c2ccccc2)c2ccccc2)cc1. The Balaban J connectivity index is 1.12. The van der Waals surface area contributed by atoms with Gasteiger partial charge in [0.2, 0.25) is 0 Å². The van der Waals surface area contributed by atoms with Crippen LogP contribution >= 0.6 is 0 Å². The van der Waals surface area contributed by atoms with Gasteiger partial charge in [0.1, 0.15) is 22.4 Å². The van der Waals surface area contributed by atoms with E-state index in [0.717, 1.165) is 76.6 Å². The van der Waals surface area contributed by atoms with Crippen LogP contribution in [0.25, 0.3) is 11.2 Å². The lowest BCUT2D eigenvalue weighted by atomic mass is 9.76. The molecule has 2 aromatic heterocycles. The highest BCUT2D eigenvalue weighted by molar-refractivity contribution is 5.80. The Hall–Kier alpha value is -7.93. The summed E-state index contributed by atoms with van der Waals surface area (Å²) in [6.07, 6.45) is 5.35. The predicted molar refractivity (Wildman–Crippen MR) is 283 cm³/mol. The van der Waals surface area contributed by atoms with Crippen molar-refractivity contribution in [1.82, 2.24) is 20.0 Å². The van der Waals surface area contributed by atoms with Crippen LogP contribution in [0.5, 0.6) is 0 Å². The molecule has 0 bridgehead atoms. The summed E-state index contributed by atoms with van der Waals surface area (Å²) < 4.78 is 8.98. The molecule has 1 N–H and O–H groups in total. The van der Waals surface area contributed by atoms with Crippen molar-refractivity contribution in [2.75, 3.05) is 11.9 Å². The van der Waals surface area contributed by atoms with Gasteiger partial charge in [-0.15, -0.1) is 5.10 Å². The highest BCUT2D eigenvalue weighted by Crippen LogP contribution is 2.45. The average molecular weight is 912 g/mol. The largest absolute Gasteiger partial charge is 0.378 e. The fourth-order valence-electron chi connectivity index (χ4n) is 11.2. The van der Waals surface area contributed by atoms with Crippen LogP contribution in [0, 0.1) is 0 Å². The number of benzene rings is 8. The number of hydrogen-bond donors (Lipinski definition) is 1. The van der Waals surface area contributed by atoms with E-state index in [0.29, 0.717) is 24.0 Å². The molecule has 1 fully saturated rings. The summed E-state index contributed by atoms with van der Waals surface area (Å²) in [7, 11) is 0. The van der Waals surface area contributed by atoms with Crippen LogP contribution in [0.1, 0.15) is 94.0 Å². The number of rotatable bonds is 16. The molecular weight excluding hydrogens is 855 g/mol. The van der Waals surface area contributed by atoms with Crippen molar-refractivity contribution in [2.45, 2.75) is 61.1 Å². The molecule has 0 aliphatic heterocycles. The fraction of sp³-hybridized carbons (Fsp3) is 0.172. The third-order valence-corrected chi connectivity index (χ3v) is 14.5. The molecule has 1 saturated carbocycles. The first kappa shape index (κ1) is 44.6. The number of pyridine rings is 1. The quantitative estimate of drug-likeness (QED) is 0.0979. The van der Waals surface area contributed by atoms with E-state index in [2.05, 4.69) is 259 Å². The molecule has 0 radical (unpaired) electrons. The lowest BCUT2D eigenvalue weighted by molar-refractivity contribution is 0.0221. The van der Waals surface area contributed by atoms with Gasteiger partial charge in [0.25, 0.3) is 0 Å². The average Bonchev–Trinajstić information content (AvgIpc) is 3.88. The maximum atomic E-state index is 6.90. The smallest absolute Gasteiger partial charge is 0.182 e. The number of nitrogens with one attached hydrogen (secondary N) is 1. The van der Waals surface area contributed by atoms with Gasteiger partial charge < -0.3 is 10.1 Å². The molecule has 1 aliphatic rings. The van der Waals surface area contributed by atoms with E-state index < -0.39 is 11.1 Å². The van der Waals surface area contributed by atoms with Crippen LogP contribution in [0.3, 0.4) is 0 Å². The molecule has 0 saturated heterocycles. The minimum Gasteiger partial charge on any atom is -0.378 e. The minimum absolute atomic E-state index is 0.0998. The summed E-state index contributed by atoms with van der Waals surface area (Å²) in [5.74, 6) is 1.19. The fourth-order valence-corrected chi connectivity index (χ4v) is 11.2. The first-order valence-electron chi connectivity index (χ1n) is 24.8. The van der Waals surface area contributed by atoms with Crippen LogP contribution < -0.4 is 5.32 Å². The van der Waals surface area contributed by atoms with Crippen LogP contribution in [0.15, 0.2) is 249 Å². The zero-order valence-corrected chi connectivity index (χ0v) is 39.3. The molecule has 0 amide bonds. The molecule has 344 valence electrons. The van der Waals surface area contributed by atoms with Gasteiger partial charge in [-0.05, 0) is 94.2 Å². The third kappa shape index (κ3) is 8.61. The summed E-state index contributed by atoms with van der Waals surface area (Å²) in [6.45, 7) is 0.602. The molecule has 11 rings (SSSR count). The maximum Gasteiger partial charge on any atom is 0.182 e. The highest BCUT2D eigenvalue weighted by atomic mass is 16.5. The second-order valence-corrected chi connectivity index (χ2v) is 18.6. The molecule has 6 nitrogen and oxygen atoms in total. The van der Waals surface area contributed by atoms with E-state index in [4.69, 9.17) is 20.0 Å². The molecule has 1 aliphatic carbocycles. The Kier molecular flexibility index (Phi) is 13.0. The number of nitrogens with zero attached hydrogens (tertiary/aromatic N) is 4. The summed E-state index contributed by atoms with van der Waals surface area (Å²) >= 11 is 0. The molecule has 2 heterocycles. The Labute approximate surface area is 411 Å². The first-order chi connectivity index (χ1) is 34.7. The predicted octanol–water partition coefficient (Wildman–Crippen LogP) is 14.3. The van der Waals surface area contributed by atoms with Gasteiger partial charge in [-0.25, -0.2) is 9.67 Å². The normalized spacial score (nSPS) is 15.6. The van der Waals surface area contributed by atoms with Gasteiger partial charge in [0.15, 0.2) is 5.65 Å². The maximum absolute atomic E-state index is 6.90. The number of aromatic nitrogens is 4. The molecule has 70 heavy (non-hydrogen) atoms. The van der Waals surface area contributed by atoms with Crippen molar-refractivity contribution in [2.24, 2.45) is 0 Å². The molecule has 0 spiro atoms. The van der Waals surface area contributed by atoms with Crippen LogP contribution in [0.2, 0.25) is 0 Å². The van der Waals surface area contributed by atoms with Gasteiger partial charge in [-0.3, -0.25) is 0 Å². The zero-order valence-electron chi connectivity index (χ0n) is 39.3. The van der Waals surface area contributed by atoms with Gasteiger partial charge in [-0.1, -0.05) is 248 Å². The summed E-state index contributed by atoms with van der Waals surface area (Å²) in [6, 6.07) is 88.3. The Morgan fingerprint density at radius 1 is 0.500 bits per heavy atom. The van der Waals surface area contributed by atoms with Gasteiger partial charge >= 0.3 is 0 Å². The first-order valence-corrected chi connectivity index (χ1v) is 24.8. The van der Waals surface area contributed by atoms with Crippen molar-refractivity contribution in [1.29, 1.82) is 0 Å². The monoisotopic (exact) mass is 911 g/mol. The van der Waals surface area contributed by atoms with Gasteiger partial charge in [0.05, 0.1) is 6.10 Å². The van der Waals surface area contributed by atoms with Crippen LogP contribution in [-0.2, 0) is 15.8 Å². The van der Waals surface area contributed by atoms with Crippen LogP contribution in [-0.4, -0.2) is 32.7 Å². The van der Waals surface area contributed by atoms with E-state index in [9.17, 15) is 0 Å². The molecule has 1 unspecified atom stereocenters. The van der Waals surface area contributed by atoms with Crippen molar-refractivity contribution in [3.05, 3.63) is 299 Å². The van der Waals surface area contributed by atoms with Crippen LogP contribution in [0.4, 0.5) is 5.82 Å². The topological polar surface area (TPSA) is 64.9 Å². The summed E-state index contributed by atoms with van der Waals surface area (Å²) in [5.41, 5.74) is 9.67. The Morgan fingerprint density at radius 2 is 0.914 bits per heavy atom. The van der Waals surface area contributed by atoms with Gasteiger partial charge in [0, 0.05) is 12.5 Å². The molecule has 6 heteroatoms. The van der Waals surface area contributed by atoms with Gasteiger partial charge in [-0.2, -0.15) is 0 Å². The van der Waals surface area contributed by atoms with E-state index in [1.807, 2.05) is 0 Å². The Bertz CT molecular complexity index is 3010. The highest BCUT2D eigenvalue weighted by Gasteiger charge is 2.43. The second-order valence-electron chi connectivity index (χ2n) is 18.6. The zero-order chi connectivity index (χ0) is 47.0. The lowest BCUT2D eigenvalue weighted by Gasteiger charge is -2.38. The van der Waals surface area contributed by atoms with Crippen molar-refractivity contribution >= 4 is 17.0 Å². The number of ether oxygens (including phenoxy) is 1. The van der Waals surface area contributed by atoms with Crippen molar-refractivity contribution < 1.29 is 4.74 Å². The summed E-state index contributed by atoms with van der Waals surface area (Å²) in [4.78, 5) is 5.76. The molecular formula is C64H57N5O. The molecule has 1 atom stereocenters. The standard InChI is InChI=1S/C64H57N5O/c1-9-25-48(26-10-1)49-41-43-57(44-42-49)70-46-45-58(50-27-11-2-12-28-50)59-47-60(66-63(51-29-13-3-14-30-51,52-31-15-4-16-32-52)53-33-17-5-18-34-53)65-62-61(59)67-68-69(62)64(54-35-19-6-20-36-54,55-37-21-7-22-38-55)56-39-23-8-24-40-56/h1-40,47,49,57-58H,41-46H2,(H,65,66)/t49-,57-,58?. The van der Waals surface area contributed by atoms with Crippen molar-refractivity contribution in [3.63, 3.8) is 0 Å². The van der Waals surface area contributed by atoms with E-state index in [1.54, 1.807) is 0 Å². The number of fused-ring (bicyclic) bond motifs is 1. The second kappa shape index (κ2) is 20.3. The molecule has 8 aromatic carbocycles. The number of hydrogen-bond acceptors (Lipinski definition) is 5. The lowest BCUT2D eigenvalue weighted by Crippen LogP contribution is -2.39. The number of anilines is 1. The minimum atomic E-state index is -0.958. The molecule has 10 aromatic rings. The van der Waals surface area contributed by atoms with Crippen molar-refractivity contribution in [3.8, 4) is 0 Å². The van der Waals surface area contributed by atoms with E-state index in [-0.39, 0.29) is 12.0 Å². The third-order valence-electron chi connectivity index (χ3n) is 14.5. The summed E-state index contributed by atoms with van der Waals surface area (Å²) in [5, 5.41) is 14.7. The van der Waals surface area contributed by atoms with E-state index >= 15 is 0 Å². The van der Waals surface area contributed by atoms with E-state index in [1.165, 1.54) is 11.1 Å².